The van der Waals surface area contributed by atoms with Crippen LogP contribution in [0.3, 0.4) is 0 Å². The van der Waals surface area contributed by atoms with Crippen molar-refractivity contribution < 1.29 is 9.32 Å². The maximum absolute atomic E-state index is 12.8. The summed E-state index contributed by atoms with van der Waals surface area (Å²) in [7, 11) is 0. The molecule has 1 aromatic carbocycles. The molecule has 1 saturated heterocycles. The van der Waals surface area contributed by atoms with Crippen molar-refractivity contribution in [1.82, 2.24) is 20.0 Å². The van der Waals surface area contributed by atoms with Gasteiger partial charge in [-0.2, -0.15) is 0 Å². The van der Waals surface area contributed by atoms with E-state index in [9.17, 15) is 4.79 Å². The first-order valence-corrected chi connectivity index (χ1v) is 9.53. The second-order valence-corrected chi connectivity index (χ2v) is 7.16. The average Bonchev–Trinajstić information content (AvgIpc) is 3.13. The number of aryl methyl sites for hydroxylation is 1. The zero-order valence-corrected chi connectivity index (χ0v) is 15.8. The third kappa shape index (κ3) is 4.36. The van der Waals surface area contributed by atoms with Crippen LogP contribution < -0.4 is 5.32 Å². The number of amides is 1. The smallest absolute Gasteiger partial charge is 0.272 e. The number of carbonyl (C=O) groups is 1. The van der Waals surface area contributed by atoms with Gasteiger partial charge >= 0.3 is 0 Å². The second-order valence-electron chi connectivity index (χ2n) is 7.16. The number of benzene rings is 1. The lowest BCUT2D eigenvalue weighted by atomic mass is 9.90. The molecule has 1 aliphatic rings. The number of rotatable bonds is 5. The largest absolute Gasteiger partial charge is 0.360 e. The number of carbonyl (C=O) groups excluding carboxylic acids is 1. The molecule has 1 amide bonds. The van der Waals surface area contributed by atoms with E-state index in [2.05, 4.69) is 44.7 Å². The van der Waals surface area contributed by atoms with Crippen LogP contribution in [0.25, 0.3) is 0 Å². The Labute approximate surface area is 163 Å². The summed E-state index contributed by atoms with van der Waals surface area (Å²) >= 11 is 0. The number of anilines is 2. The predicted octanol–water partition coefficient (Wildman–Crippen LogP) is 3.61. The molecule has 3 aromatic rings. The molecule has 0 bridgehead atoms. The van der Waals surface area contributed by atoms with Crippen molar-refractivity contribution in [3.05, 3.63) is 65.8 Å². The lowest BCUT2D eigenvalue weighted by molar-refractivity contribution is 0.0684. The van der Waals surface area contributed by atoms with Gasteiger partial charge in [0.1, 0.15) is 23.6 Å². The van der Waals surface area contributed by atoms with Gasteiger partial charge in [-0.15, -0.1) is 0 Å². The molecule has 28 heavy (non-hydrogen) atoms. The maximum atomic E-state index is 12.8. The molecule has 7 heteroatoms. The maximum Gasteiger partial charge on any atom is 0.272 e. The highest BCUT2D eigenvalue weighted by Crippen LogP contribution is 2.23. The number of likely N-dealkylation sites (tertiary alicyclic amines) is 1. The van der Waals surface area contributed by atoms with Crippen molar-refractivity contribution in [2.75, 3.05) is 18.4 Å². The van der Waals surface area contributed by atoms with E-state index in [0.717, 1.165) is 32.4 Å². The minimum Gasteiger partial charge on any atom is -0.360 e. The Kier molecular flexibility index (Phi) is 5.32. The van der Waals surface area contributed by atoms with Crippen LogP contribution in [0.1, 0.15) is 34.7 Å². The number of nitrogens with zero attached hydrogens (tertiary/aromatic N) is 4. The van der Waals surface area contributed by atoms with Crippen molar-refractivity contribution in [2.24, 2.45) is 5.92 Å². The van der Waals surface area contributed by atoms with Crippen LogP contribution >= 0.6 is 0 Å². The fraction of sp³-hybridized carbons (Fsp3) is 0.333. The summed E-state index contributed by atoms with van der Waals surface area (Å²) in [6, 6.07) is 14.0. The molecule has 0 spiro atoms. The fourth-order valence-electron chi connectivity index (χ4n) is 3.55. The van der Waals surface area contributed by atoms with Gasteiger partial charge in [-0.05, 0) is 37.7 Å². The minimum atomic E-state index is -0.0556. The highest BCUT2D eigenvalue weighted by molar-refractivity contribution is 5.93. The number of nitrogens with one attached hydrogen (secondary N) is 1. The highest BCUT2D eigenvalue weighted by Gasteiger charge is 2.24. The molecule has 0 saturated carbocycles. The monoisotopic (exact) mass is 377 g/mol. The van der Waals surface area contributed by atoms with Crippen LogP contribution in [0.5, 0.6) is 0 Å². The molecule has 2 aromatic heterocycles. The van der Waals surface area contributed by atoms with E-state index in [1.165, 1.54) is 11.9 Å². The Hall–Kier alpha value is -3.22. The van der Waals surface area contributed by atoms with E-state index in [1.807, 2.05) is 17.9 Å². The molecule has 3 heterocycles. The third-order valence-corrected chi connectivity index (χ3v) is 5.04. The number of hydrogen-bond donors (Lipinski definition) is 1. The van der Waals surface area contributed by atoms with Gasteiger partial charge in [0, 0.05) is 25.2 Å². The molecule has 1 aliphatic heterocycles. The van der Waals surface area contributed by atoms with Crippen LogP contribution in [-0.2, 0) is 6.42 Å². The molecule has 0 aliphatic carbocycles. The van der Waals surface area contributed by atoms with E-state index >= 15 is 0 Å². The van der Waals surface area contributed by atoms with Gasteiger partial charge in [0.15, 0.2) is 5.82 Å². The van der Waals surface area contributed by atoms with Crippen molar-refractivity contribution in [2.45, 2.75) is 26.2 Å². The van der Waals surface area contributed by atoms with Crippen LogP contribution in [0.4, 0.5) is 11.6 Å². The Balaban J connectivity index is 1.35. The Bertz CT molecular complexity index is 933. The summed E-state index contributed by atoms with van der Waals surface area (Å²) in [5.74, 6) is 2.33. The van der Waals surface area contributed by atoms with Gasteiger partial charge in [0.2, 0.25) is 0 Å². The van der Waals surface area contributed by atoms with Crippen molar-refractivity contribution >= 4 is 17.5 Å². The number of hydrogen-bond acceptors (Lipinski definition) is 6. The summed E-state index contributed by atoms with van der Waals surface area (Å²) in [6.45, 7) is 3.33. The standard InChI is InChI=1S/C21H23N5O2/c1-15-11-20(25-28-15)24-19-13-18(22-14-23-19)21(27)26-9-7-17(8-10-26)12-16-5-3-2-4-6-16/h2-6,11,13-14,17H,7-10,12H2,1H3,(H,22,23,24,25). The molecule has 1 N–H and O–H groups in total. The van der Waals surface area contributed by atoms with Gasteiger partial charge in [-0.1, -0.05) is 35.5 Å². The first-order chi connectivity index (χ1) is 13.7. The van der Waals surface area contributed by atoms with Gasteiger partial charge in [-0.3, -0.25) is 4.79 Å². The van der Waals surface area contributed by atoms with Crippen LogP contribution in [0.2, 0.25) is 0 Å². The highest BCUT2D eigenvalue weighted by atomic mass is 16.5. The summed E-state index contributed by atoms with van der Waals surface area (Å²) in [6.07, 6.45) is 4.48. The first-order valence-electron chi connectivity index (χ1n) is 9.53. The molecule has 4 rings (SSSR count). The van der Waals surface area contributed by atoms with Crippen LogP contribution in [0.15, 0.2) is 53.3 Å². The summed E-state index contributed by atoms with van der Waals surface area (Å²) in [5, 5.41) is 6.91. The molecular formula is C21H23N5O2. The van der Waals surface area contributed by atoms with Crippen LogP contribution in [0, 0.1) is 12.8 Å². The van der Waals surface area contributed by atoms with E-state index in [0.29, 0.717) is 29.0 Å². The molecule has 1 fully saturated rings. The van der Waals surface area contributed by atoms with Crippen molar-refractivity contribution in [1.29, 1.82) is 0 Å². The Morgan fingerprint density at radius 1 is 1.14 bits per heavy atom. The lowest BCUT2D eigenvalue weighted by Gasteiger charge is -2.32. The molecule has 7 nitrogen and oxygen atoms in total. The van der Waals surface area contributed by atoms with Gasteiger partial charge in [0.25, 0.3) is 5.91 Å². The zero-order valence-electron chi connectivity index (χ0n) is 15.8. The van der Waals surface area contributed by atoms with Crippen LogP contribution in [-0.4, -0.2) is 39.0 Å². The Morgan fingerprint density at radius 3 is 2.64 bits per heavy atom. The fourth-order valence-corrected chi connectivity index (χ4v) is 3.55. The summed E-state index contributed by atoms with van der Waals surface area (Å²) in [4.78, 5) is 23.0. The summed E-state index contributed by atoms with van der Waals surface area (Å²) in [5.41, 5.74) is 1.75. The van der Waals surface area contributed by atoms with E-state index in [4.69, 9.17) is 4.52 Å². The molecule has 0 atom stereocenters. The SMILES string of the molecule is Cc1cc(Nc2cc(C(=O)N3CCC(Cc4ccccc4)CC3)ncn2)no1. The normalized spacial score (nSPS) is 14.8. The molecule has 0 radical (unpaired) electrons. The number of aromatic nitrogens is 3. The Morgan fingerprint density at radius 2 is 1.93 bits per heavy atom. The number of piperidine rings is 1. The van der Waals surface area contributed by atoms with Crippen molar-refractivity contribution in [3.8, 4) is 0 Å². The van der Waals surface area contributed by atoms with Crippen molar-refractivity contribution in [3.63, 3.8) is 0 Å². The van der Waals surface area contributed by atoms with E-state index in [-0.39, 0.29) is 5.91 Å². The topological polar surface area (TPSA) is 84.2 Å². The first kappa shape index (κ1) is 18.2. The average molecular weight is 377 g/mol. The van der Waals surface area contributed by atoms with E-state index < -0.39 is 0 Å². The third-order valence-electron chi connectivity index (χ3n) is 5.04. The van der Waals surface area contributed by atoms with Gasteiger partial charge in [-0.25, -0.2) is 9.97 Å². The van der Waals surface area contributed by atoms with Gasteiger partial charge < -0.3 is 14.7 Å². The quantitative estimate of drug-likeness (QED) is 0.731. The summed E-state index contributed by atoms with van der Waals surface area (Å²) < 4.78 is 5.03. The van der Waals surface area contributed by atoms with E-state index in [1.54, 1.807) is 12.1 Å². The zero-order chi connectivity index (χ0) is 19.3. The second kappa shape index (κ2) is 8.21. The molecular weight excluding hydrogens is 354 g/mol. The minimum absolute atomic E-state index is 0.0556. The lowest BCUT2D eigenvalue weighted by Crippen LogP contribution is -2.39. The predicted molar refractivity (Wildman–Crippen MR) is 105 cm³/mol. The molecule has 144 valence electrons. The molecule has 0 unspecified atom stereocenters. The van der Waals surface area contributed by atoms with Gasteiger partial charge in [0.05, 0.1) is 0 Å².